The van der Waals surface area contributed by atoms with Gasteiger partial charge in [-0.05, 0) is 60.9 Å². The number of aromatic nitrogens is 1. The molecule has 0 aliphatic carbocycles. The topological polar surface area (TPSA) is 62.3 Å². The van der Waals surface area contributed by atoms with Crippen molar-refractivity contribution in [1.82, 2.24) is 4.98 Å². The fourth-order valence-electron chi connectivity index (χ4n) is 3.19. The first-order chi connectivity index (χ1) is 14.2. The molecular weight excluding hydrogens is 362 g/mol. The molecule has 0 spiro atoms. The van der Waals surface area contributed by atoms with Crippen molar-refractivity contribution < 1.29 is 9.59 Å². The number of carbonyl (C=O) groups excluding carboxylic acids is 2. The summed E-state index contributed by atoms with van der Waals surface area (Å²) in [5.74, 6) is 5.93. The van der Waals surface area contributed by atoms with Crippen LogP contribution < -0.4 is 10.2 Å². The van der Waals surface area contributed by atoms with Crippen LogP contribution in [0.25, 0.3) is 0 Å². The lowest BCUT2D eigenvalue weighted by Gasteiger charge is -2.16. The first-order valence-electron chi connectivity index (χ1n) is 9.44. The molecule has 5 heteroatoms. The number of benzene rings is 2. The van der Waals surface area contributed by atoms with E-state index in [1.165, 1.54) is 0 Å². The molecule has 2 heterocycles. The second-order valence-electron chi connectivity index (χ2n) is 6.70. The van der Waals surface area contributed by atoms with Crippen LogP contribution >= 0.6 is 0 Å². The van der Waals surface area contributed by atoms with Crippen LogP contribution in [0.1, 0.15) is 34.5 Å². The second kappa shape index (κ2) is 8.41. The predicted molar refractivity (Wildman–Crippen MR) is 113 cm³/mol. The Morgan fingerprint density at radius 3 is 2.69 bits per heavy atom. The number of hydrogen-bond acceptors (Lipinski definition) is 3. The molecule has 142 valence electrons. The summed E-state index contributed by atoms with van der Waals surface area (Å²) in [7, 11) is 0. The lowest BCUT2D eigenvalue weighted by molar-refractivity contribution is -0.117. The van der Waals surface area contributed by atoms with Crippen molar-refractivity contribution in [3.05, 3.63) is 89.7 Å². The van der Waals surface area contributed by atoms with Crippen LogP contribution in [0.15, 0.2) is 72.9 Å². The van der Waals surface area contributed by atoms with Crippen molar-refractivity contribution in [3.8, 4) is 11.8 Å². The van der Waals surface area contributed by atoms with Gasteiger partial charge in [0, 0.05) is 41.7 Å². The summed E-state index contributed by atoms with van der Waals surface area (Å²) in [4.78, 5) is 30.6. The van der Waals surface area contributed by atoms with Gasteiger partial charge in [0.05, 0.1) is 0 Å². The van der Waals surface area contributed by atoms with Gasteiger partial charge in [-0.1, -0.05) is 24.1 Å². The van der Waals surface area contributed by atoms with Gasteiger partial charge in [0.2, 0.25) is 5.91 Å². The third-order valence-electron chi connectivity index (χ3n) is 4.61. The Kier molecular flexibility index (Phi) is 5.35. The Hall–Kier alpha value is -3.91. The van der Waals surface area contributed by atoms with Gasteiger partial charge in [-0.15, -0.1) is 0 Å². The number of hydrogen-bond donors (Lipinski definition) is 1. The maximum atomic E-state index is 12.7. The predicted octanol–water partition coefficient (Wildman–Crippen LogP) is 3.86. The maximum absolute atomic E-state index is 12.7. The molecular formula is C24H19N3O2. The molecule has 2 amide bonds. The molecule has 0 atom stereocenters. The molecule has 1 aromatic heterocycles. The highest BCUT2D eigenvalue weighted by Crippen LogP contribution is 2.23. The average Bonchev–Trinajstić information content (AvgIpc) is 3.19. The lowest BCUT2D eigenvalue weighted by Crippen LogP contribution is -2.24. The summed E-state index contributed by atoms with van der Waals surface area (Å²) in [6.07, 6.45) is 3.11. The Bertz CT molecular complexity index is 1110. The first-order valence-corrected chi connectivity index (χ1v) is 9.44. The molecule has 1 aliphatic rings. The molecule has 1 aliphatic heterocycles. The van der Waals surface area contributed by atoms with E-state index in [2.05, 4.69) is 22.1 Å². The number of pyridine rings is 1. The zero-order valence-electron chi connectivity index (χ0n) is 15.8. The van der Waals surface area contributed by atoms with Crippen LogP contribution in [-0.2, 0) is 4.79 Å². The van der Waals surface area contributed by atoms with Crippen LogP contribution in [-0.4, -0.2) is 23.3 Å². The summed E-state index contributed by atoms with van der Waals surface area (Å²) in [6, 6.07) is 20.1. The summed E-state index contributed by atoms with van der Waals surface area (Å²) in [5.41, 5.74) is 3.40. The van der Waals surface area contributed by atoms with E-state index in [4.69, 9.17) is 0 Å². The smallest absolute Gasteiger partial charge is 0.255 e. The zero-order chi connectivity index (χ0) is 20.1. The van der Waals surface area contributed by atoms with Crippen molar-refractivity contribution >= 4 is 23.2 Å². The van der Waals surface area contributed by atoms with Crippen LogP contribution in [0.5, 0.6) is 0 Å². The lowest BCUT2D eigenvalue weighted by atomic mass is 10.1. The standard InChI is InChI=1S/C24H19N3O2/c28-23-11-5-15-27(23)22-10-4-7-19(17-22)24(29)26-21-9-3-6-18(16-21)12-13-20-8-1-2-14-25-20/h1-4,6-10,14,16-17H,5,11,15H2,(H,26,29). The molecule has 2 aromatic carbocycles. The Balaban J connectivity index is 1.49. The Labute approximate surface area is 169 Å². The average molecular weight is 381 g/mol. The first kappa shape index (κ1) is 18.5. The number of nitrogens with zero attached hydrogens (tertiary/aromatic N) is 2. The van der Waals surface area contributed by atoms with Crippen LogP contribution in [0.3, 0.4) is 0 Å². The van der Waals surface area contributed by atoms with E-state index in [0.29, 0.717) is 29.9 Å². The highest BCUT2D eigenvalue weighted by molar-refractivity contribution is 6.05. The summed E-state index contributed by atoms with van der Waals surface area (Å²) in [6.45, 7) is 0.695. The van der Waals surface area contributed by atoms with Gasteiger partial charge in [-0.25, -0.2) is 4.98 Å². The molecule has 3 aromatic rings. The highest BCUT2D eigenvalue weighted by atomic mass is 16.2. The fraction of sp³-hybridized carbons (Fsp3) is 0.125. The van der Waals surface area contributed by atoms with E-state index in [1.807, 2.05) is 48.5 Å². The zero-order valence-corrected chi connectivity index (χ0v) is 15.8. The minimum absolute atomic E-state index is 0.0988. The molecule has 1 N–H and O–H groups in total. The molecule has 1 fully saturated rings. The quantitative estimate of drug-likeness (QED) is 0.701. The van der Waals surface area contributed by atoms with Crippen molar-refractivity contribution in [2.24, 2.45) is 0 Å². The summed E-state index contributed by atoms with van der Waals surface area (Å²) < 4.78 is 0. The van der Waals surface area contributed by atoms with Crippen molar-refractivity contribution in [3.63, 3.8) is 0 Å². The number of anilines is 2. The van der Waals surface area contributed by atoms with Gasteiger partial charge in [0.25, 0.3) is 5.91 Å². The van der Waals surface area contributed by atoms with Crippen molar-refractivity contribution in [1.29, 1.82) is 0 Å². The van der Waals surface area contributed by atoms with Crippen molar-refractivity contribution in [2.45, 2.75) is 12.8 Å². The van der Waals surface area contributed by atoms with Crippen LogP contribution in [0.4, 0.5) is 11.4 Å². The Morgan fingerprint density at radius 1 is 1.00 bits per heavy atom. The SMILES string of the molecule is O=C(Nc1cccc(C#Cc2ccccn2)c1)c1cccc(N2CCCC2=O)c1. The maximum Gasteiger partial charge on any atom is 0.255 e. The molecule has 0 bridgehead atoms. The Morgan fingerprint density at radius 2 is 1.90 bits per heavy atom. The number of carbonyl (C=O) groups is 2. The van der Waals surface area contributed by atoms with E-state index in [9.17, 15) is 9.59 Å². The van der Waals surface area contributed by atoms with Crippen molar-refractivity contribution in [2.75, 3.05) is 16.8 Å². The summed E-state index contributed by atoms with van der Waals surface area (Å²) >= 11 is 0. The van der Waals surface area contributed by atoms with E-state index in [1.54, 1.807) is 29.3 Å². The molecule has 1 saturated heterocycles. The highest BCUT2D eigenvalue weighted by Gasteiger charge is 2.22. The normalized spacial score (nSPS) is 13.0. The monoisotopic (exact) mass is 381 g/mol. The molecule has 29 heavy (non-hydrogen) atoms. The molecule has 4 rings (SSSR count). The third kappa shape index (κ3) is 4.50. The minimum Gasteiger partial charge on any atom is -0.322 e. The third-order valence-corrected chi connectivity index (χ3v) is 4.61. The summed E-state index contributed by atoms with van der Waals surface area (Å²) in [5, 5.41) is 2.90. The molecule has 0 unspecified atom stereocenters. The van der Waals surface area contributed by atoms with Gasteiger partial charge in [-0.3, -0.25) is 9.59 Å². The van der Waals surface area contributed by atoms with Gasteiger partial charge in [-0.2, -0.15) is 0 Å². The number of amides is 2. The van der Waals surface area contributed by atoms with E-state index >= 15 is 0 Å². The van der Waals surface area contributed by atoms with E-state index < -0.39 is 0 Å². The fourth-order valence-corrected chi connectivity index (χ4v) is 3.19. The second-order valence-corrected chi connectivity index (χ2v) is 6.70. The molecule has 0 saturated carbocycles. The molecule has 5 nitrogen and oxygen atoms in total. The number of rotatable bonds is 3. The van der Waals surface area contributed by atoms with Crippen LogP contribution in [0, 0.1) is 11.8 Å². The van der Waals surface area contributed by atoms with Gasteiger partial charge >= 0.3 is 0 Å². The van der Waals surface area contributed by atoms with Crippen LogP contribution in [0.2, 0.25) is 0 Å². The van der Waals surface area contributed by atoms with E-state index in [-0.39, 0.29) is 11.8 Å². The van der Waals surface area contributed by atoms with Gasteiger partial charge in [0.1, 0.15) is 5.69 Å². The number of nitrogens with one attached hydrogen (secondary N) is 1. The van der Waals surface area contributed by atoms with Gasteiger partial charge < -0.3 is 10.2 Å². The van der Waals surface area contributed by atoms with E-state index in [0.717, 1.165) is 17.7 Å². The van der Waals surface area contributed by atoms with Gasteiger partial charge in [0.15, 0.2) is 0 Å². The molecule has 0 radical (unpaired) electrons. The minimum atomic E-state index is -0.228. The largest absolute Gasteiger partial charge is 0.322 e.